The van der Waals surface area contributed by atoms with Crippen molar-refractivity contribution in [1.29, 1.82) is 0 Å². The number of nitrogens with one attached hydrogen (secondary N) is 2. The summed E-state index contributed by atoms with van der Waals surface area (Å²) in [7, 11) is 3.19. The molecule has 0 aliphatic carbocycles. The van der Waals surface area contributed by atoms with Crippen molar-refractivity contribution in [3.8, 4) is 5.75 Å². The van der Waals surface area contributed by atoms with Crippen LogP contribution in [0.5, 0.6) is 5.75 Å². The van der Waals surface area contributed by atoms with E-state index in [1.807, 2.05) is 6.92 Å². The highest BCUT2D eigenvalue weighted by Gasteiger charge is 2.39. The van der Waals surface area contributed by atoms with Crippen LogP contribution in [0.2, 0.25) is 0 Å². The fraction of sp³-hybridized carbons (Fsp3) is 0.591. The zero-order chi connectivity index (χ0) is 22.4. The average Bonchev–Trinajstić information content (AvgIpc) is 2.75. The highest BCUT2D eigenvalue weighted by Crippen LogP contribution is 2.32. The third-order valence-corrected chi connectivity index (χ3v) is 5.56. The van der Waals surface area contributed by atoms with E-state index in [9.17, 15) is 14.4 Å². The lowest BCUT2D eigenvalue weighted by molar-refractivity contribution is -0.134. The molecule has 1 aromatic carbocycles. The van der Waals surface area contributed by atoms with E-state index < -0.39 is 0 Å². The number of carbonyl (C=O) groups excluding carboxylic acids is 3. The number of methoxy groups -OCH3 is 1. The molecule has 31 heavy (non-hydrogen) atoms. The zero-order valence-electron chi connectivity index (χ0n) is 18.3. The van der Waals surface area contributed by atoms with Crippen molar-refractivity contribution in [2.75, 3.05) is 39.2 Å². The average molecular weight is 434 g/mol. The molecular weight excluding hydrogens is 402 g/mol. The number of anilines is 1. The second kappa shape index (κ2) is 10.6. The largest absolute Gasteiger partial charge is 0.490 e. The minimum Gasteiger partial charge on any atom is -0.490 e. The van der Waals surface area contributed by atoms with Crippen LogP contribution in [0.3, 0.4) is 0 Å². The molecule has 3 rings (SSSR count). The number of hydrogen-bond acceptors (Lipinski definition) is 6. The smallest absolute Gasteiger partial charge is 0.257 e. The van der Waals surface area contributed by atoms with E-state index in [2.05, 4.69) is 10.6 Å². The fourth-order valence-corrected chi connectivity index (χ4v) is 3.98. The summed E-state index contributed by atoms with van der Waals surface area (Å²) in [5.41, 5.74) is 0.888. The summed E-state index contributed by atoms with van der Waals surface area (Å²) in [6.45, 7) is 2.87. The lowest BCUT2D eigenvalue weighted by Crippen LogP contribution is -2.54. The number of likely N-dealkylation sites (N-methyl/N-ethyl adjacent to an activating group) is 1. The van der Waals surface area contributed by atoms with Crippen molar-refractivity contribution in [3.05, 3.63) is 23.8 Å². The molecular formula is C22H31N3O6. The zero-order valence-corrected chi connectivity index (χ0v) is 18.3. The van der Waals surface area contributed by atoms with Crippen LogP contribution in [0.15, 0.2) is 18.2 Å². The summed E-state index contributed by atoms with van der Waals surface area (Å²) < 4.78 is 16.9. The number of ether oxygens (including phenoxy) is 3. The number of amides is 3. The normalized spacial score (nSPS) is 23.0. The number of nitrogens with zero attached hydrogens (tertiary/aromatic N) is 1. The third kappa shape index (κ3) is 5.74. The highest BCUT2D eigenvalue weighted by molar-refractivity contribution is 6.00. The molecule has 2 aliphatic rings. The molecule has 0 bridgehead atoms. The first-order valence-electron chi connectivity index (χ1n) is 10.7. The van der Waals surface area contributed by atoms with Crippen LogP contribution >= 0.6 is 0 Å². The second-order valence-electron chi connectivity index (χ2n) is 7.91. The van der Waals surface area contributed by atoms with Gasteiger partial charge in [0.05, 0.1) is 24.1 Å². The Morgan fingerprint density at radius 3 is 2.81 bits per heavy atom. The molecule has 2 aliphatic heterocycles. The quantitative estimate of drug-likeness (QED) is 0.676. The van der Waals surface area contributed by atoms with Gasteiger partial charge in [-0.2, -0.15) is 0 Å². The first-order valence-corrected chi connectivity index (χ1v) is 10.7. The Balaban J connectivity index is 1.71. The lowest BCUT2D eigenvalue weighted by atomic mass is 9.94. The van der Waals surface area contributed by atoms with Crippen molar-refractivity contribution in [2.24, 2.45) is 0 Å². The van der Waals surface area contributed by atoms with Crippen LogP contribution in [-0.2, 0) is 19.1 Å². The van der Waals surface area contributed by atoms with E-state index in [0.29, 0.717) is 36.4 Å². The van der Waals surface area contributed by atoms with Gasteiger partial charge < -0.3 is 29.7 Å². The Morgan fingerprint density at radius 1 is 1.26 bits per heavy atom. The molecule has 0 spiro atoms. The van der Waals surface area contributed by atoms with Gasteiger partial charge in [0.25, 0.3) is 5.91 Å². The van der Waals surface area contributed by atoms with Gasteiger partial charge in [0.2, 0.25) is 11.8 Å². The molecule has 9 heteroatoms. The molecule has 3 atom stereocenters. The van der Waals surface area contributed by atoms with Gasteiger partial charge in [-0.15, -0.1) is 0 Å². The van der Waals surface area contributed by atoms with Gasteiger partial charge in [0, 0.05) is 26.4 Å². The van der Waals surface area contributed by atoms with Crippen molar-refractivity contribution < 1.29 is 28.6 Å². The van der Waals surface area contributed by atoms with E-state index in [1.54, 1.807) is 30.1 Å². The van der Waals surface area contributed by atoms with Crippen molar-refractivity contribution >= 4 is 23.4 Å². The van der Waals surface area contributed by atoms with Crippen molar-refractivity contribution in [2.45, 2.75) is 50.9 Å². The molecule has 170 valence electrons. The van der Waals surface area contributed by atoms with Crippen LogP contribution in [0.4, 0.5) is 5.69 Å². The SMILES string of the molecule is CCCNC(=O)C[C@H]1CC[C@H]2[C@@H](COc3ccc(NC(=O)COC)cc3C(=O)N2C)O1. The van der Waals surface area contributed by atoms with Gasteiger partial charge >= 0.3 is 0 Å². The maximum atomic E-state index is 13.2. The Kier molecular flexibility index (Phi) is 7.86. The fourth-order valence-electron chi connectivity index (χ4n) is 3.98. The molecule has 1 saturated heterocycles. The second-order valence-corrected chi connectivity index (χ2v) is 7.91. The van der Waals surface area contributed by atoms with E-state index >= 15 is 0 Å². The summed E-state index contributed by atoms with van der Waals surface area (Å²) in [5.74, 6) is -0.0820. The molecule has 0 saturated carbocycles. The van der Waals surface area contributed by atoms with E-state index in [-0.39, 0.29) is 49.2 Å². The van der Waals surface area contributed by atoms with Crippen LogP contribution in [0.1, 0.15) is 43.0 Å². The van der Waals surface area contributed by atoms with Crippen LogP contribution in [0, 0.1) is 0 Å². The van der Waals surface area contributed by atoms with Crippen LogP contribution in [-0.4, -0.2) is 74.8 Å². The van der Waals surface area contributed by atoms with E-state index in [4.69, 9.17) is 14.2 Å². The number of fused-ring (bicyclic) bond motifs is 2. The molecule has 1 aromatic rings. The predicted molar refractivity (Wildman–Crippen MR) is 114 cm³/mol. The van der Waals surface area contributed by atoms with Crippen LogP contribution in [0.25, 0.3) is 0 Å². The van der Waals surface area contributed by atoms with Gasteiger partial charge in [-0.25, -0.2) is 0 Å². The summed E-state index contributed by atoms with van der Waals surface area (Å²) >= 11 is 0. The minimum absolute atomic E-state index is 0.0186. The Hall–Kier alpha value is -2.65. The molecule has 3 amide bonds. The summed E-state index contributed by atoms with van der Waals surface area (Å²) in [5, 5.41) is 5.58. The summed E-state index contributed by atoms with van der Waals surface area (Å²) in [6, 6.07) is 4.82. The topological polar surface area (TPSA) is 106 Å². The molecule has 1 fully saturated rings. The first kappa shape index (κ1) is 23.0. The molecule has 0 unspecified atom stereocenters. The van der Waals surface area contributed by atoms with Gasteiger partial charge in [-0.05, 0) is 37.5 Å². The maximum absolute atomic E-state index is 13.2. The molecule has 9 nitrogen and oxygen atoms in total. The first-order chi connectivity index (χ1) is 14.9. The Labute approximate surface area is 182 Å². The standard InChI is InChI=1S/C22H31N3O6/c1-4-9-23-20(26)11-15-6-7-17-19(31-15)12-30-18-8-5-14(24-21(27)13-29-3)10-16(18)22(28)25(17)2/h5,8,10,15,17,19H,4,6-7,9,11-13H2,1-3H3,(H,23,26)(H,24,27)/t15-,17+,19-/m1/s1. The summed E-state index contributed by atoms with van der Waals surface area (Å²) in [4.78, 5) is 38.7. The third-order valence-electron chi connectivity index (χ3n) is 5.56. The van der Waals surface area contributed by atoms with Gasteiger partial charge in [0.1, 0.15) is 25.1 Å². The summed E-state index contributed by atoms with van der Waals surface area (Å²) in [6.07, 6.45) is 2.10. The lowest BCUT2D eigenvalue weighted by Gasteiger charge is -2.42. The molecule has 2 N–H and O–H groups in total. The monoisotopic (exact) mass is 433 g/mol. The van der Waals surface area contributed by atoms with Gasteiger partial charge in [-0.1, -0.05) is 6.92 Å². The molecule has 0 radical (unpaired) electrons. The Bertz CT molecular complexity index is 814. The maximum Gasteiger partial charge on any atom is 0.257 e. The Morgan fingerprint density at radius 2 is 2.06 bits per heavy atom. The van der Waals surface area contributed by atoms with Crippen molar-refractivity contribution in [1.82, 2.24) is 10.2 Å². The van der Waals surface area contributed by atoms with E-state index in [1.165, 1.54) is 7.11 Å². The number of hydrogen-bond donors (Lipinski definition) is 2. The predicted octanol–water partition coefficient (Wildman–Crippen LogP) is 1.57. The van der Waals surface area contributed by atoms with Gasteiger partial charge in [-0.3, -0.25) is 14.4 Å². The number of carbonyl (C=O) groups is 3. The molecule has 2 heterocycles. The van der Waals surface area contributed by atoms with Crippen molar-refractivity contribution in [3.63, 3.8) is 0 Å². The van der Waals surface area contributed by atoms with E-state index in [0.717, 1.165) is 12.8 Å². The number of rotatable bonds is 7. The molecule has 0 aromatic heterocycles. The highest BCUT2D eigenvalue weighted by atomic mass is 16.5. The van der Waals surface area contributed by atoms with Gasteiger partial charge in [0.15, 0.2) is 0 Å². The number of benzene rings is 1. The van der Waals surface area contributed by atoms with Crippen LogP contribution < -0.4 is 15.4 Å². The minimum atomic E-state index is -0.319.